The third-order valence-corrected chi connectivity index (χ3v) is 13.7. The van der Waals surface area contributed by atoms with Crippen molar-refractivity contribution < 1.29 is 8.78 Å². The van der Waals surface area contributed by atoms with Crippen LogP contribution in [-0.2, 0) is 12.8 Å². The molecule has 68 heavy (non-hydrogen) atoms. The topological polar surface area (TPSA) is 16.3 Å². The number of anilines is 6. The summed E-state index contributed by atoms with van der Waals surface area (Å²) in [5.74, 6) is 0.308. The second-order valence-corrected chi connectivity index (χ2v) is 18.3. The zero-order valence-electron chi connectivity index (χ0n) is 37.9. The molecule has 4 nitrogen and oxygen atoms in total. The van der Waals surface area contributed by atoms with Gasteiger partial charge in [0.25, 0.3) is 0 Å². The molecule has 0 radical (unpaired) electrons. The average Bonchev–Trinajstić information content (AvgIpc) is 3.87. The maximum atomic E-state index is 14.4. The third-order valence-electron chi connectivity index (χ3n) is 13.7. The zero-order chi connectivity index (χ0) is 45.9. The van der Waals surface area contributed by atoms with E-state index < -0.39 is 0 Å². The molecule has 6 heteroatoms. The number of nitrogens with zero attached hydrogens (tertiary/aromatic N) is 4. The highest BCUT2D eigenvalue weighted by Gasteiger charge is 2.25. The van der Waals surface area contributed by atoms with E-state index in [-0.39, 0.29) is 11.6 Å². The summed E-state index contributed by atoms with van der Waals surface area (Å²) in [6.07, 6.45) is 11.1. The maximum Gasteiger partial charge on any atom is 0.123 e. The number of fused-ring (bicyclic) bond motifs is 6. The summed E-state index contributed by atoms with van der Waals surface area (Å²) in [5.41, 5.74) is 17.5. The number of aromatic nitrogens is 2. The van der Waals surface area contributed by atoms with Crippen molar-refractivity contribution >= 4 is 68.1 Å². The molecule has 8 aromatic carbocycles. The van der Waals surface area contributed by atoms with E-state index in [0.29, 0.717) is 11.8 Å². The quantitative estimate of drug-likeness (QED) is 0.144. The van der Waals surface area contributed by atoms with Gasteiger partial charge < -0.3 is 18.9 Å². The zero-order valence-corrected chi connectivity index (χ0v) is 37.9. The van der Waals surface area contributed by atoms with Crippen molar-refractivity contribution in [1.29, 1.82) is 0 Å². The highest BCUT2D eigenvalue weighted by Crippen LogP contribution is 2.44. The van der Waals surface area contributed by atoms with E-state index in [9.17, 15) is 8.78 Å². The van der Waals surface area contributed by atoms with Gasteiger partial charge >= 0.3 is 0 Å². The first kappa shape index (κ1) is 41.2. The fraction of sp³-hybridized carbons (Fsp3) is 0.0968. The molecule has 2 aliphatic carbocycles. The SMILES string of the molecule is CC1C=Cc2c(c3cc(N(c4ccc(F)cc4)c4ccc(-c5ccc(N(c6ccc(F)cc6)c6ccc7c(c6)c6c(n7-c7ccccc7)C=CC(C)C6)cc5)cc4)ccc3n2-c2ccccc2)C1. The standard InChI is InChI=1S/C62H48F2N4/c1-41-13-33-59-55(37-41)57-39-53(31-35-61(57)67(59)47-9-5-3-6-10-47)65(51-27-19-45(63)20-28-51)49-23-15-43(16-24-49)44-17-25-50(26-18-44)66(52-29-21-46(64)22-30-52)54-32-36-62-58(40-54)56-38-42(2)14-34-60(56)68(62)48-11-7-4-8-12-48/h3-36,39-42H,37-38H2,1-2H3. The van der Waals surface area contributed by atoms with E-state index in [1.54, 1.807) is 0 Å². The van der Waals surface area contributed by atoms with Gasteiger partial charge in [0, 0.05) is 67.7 Å². The van der Waals surface area contributed by atoms with E-state index >= 15 is 0 Å². The Morgan fingerprint density at radius 3 is 1.10 bits per heavy atom. The number of benzene rings is 8. The molecule has 10 aromatic rings. The van der Waals surface area contributed by atoms with Gasteiger partial charge in [-0.3, -0.25) is 0 Å². The lowest BCUT2D eigenvalue weighted by molar-refractivity contribution is 0.627. The number of hydrogen-bond donors (Lipinski definition) is 0. The van der Waals surface area contributed by atoms with Gasteiger partial charge in [-0.15, -0.1) is 0 Å². The van der Waals surface area contributed by atoms with Crippen LogP contribution in [0.25, 0.3) is 56.5 Å². The van der Waals surface area contributed by atoms with Gasteiger partial charge in [-0.2, -0.15) is 0 Å². The summed E-state index contributed by atoms with van der Waals surface area (Å²) in [7, 11) is 0. The highest BCUT2D eigenvalue weighted by atomic mass is 19.1. The predicted molar refractivity (Wildman–Crippen MR) is 279 cm³/mol. The highest BCUT2D eigenvalue weighted by molar-refractivity contribution is 5.96. The molecule has 330 valence electrons. The minimum Gasteiger partial charge on any atom is -0.310 e. The molecule has 0 fully saturated rings. The lowest BCUT2D eigenvalue weighted by Crippen LogP contribution is -2.10. The van der Waals surface area contributed by atoms with E-state index in [2.05, 4.69) is 203 Å². The van der Waals surface area contributed by atoms with Crippen LogP contribution in [0.1, 0.15) is 36.4 Å². The van der Waals surface area contributed by atoms with Crippen LogP contribution in [0, 0.1) is 23.5 Å². The molecule has 2 atom stereocenters. The fourth-order valence-electron chi connectivity index (χ4n) is 10.5. The van der Waals surface area contributed by atoms with Crippen molar-refractivity contribution in [3.8, 4) is 22.5 Å². The monoisotopic (exact) mass is 886 g/mol. The van der Waals surface area contributed by atoms with Gasteiger partial charge in [-0.05, 0) is 193 Å². The number of para-hydroxylation sites is 2. The minimum atomic E-state index is -0.274. The smallest absolute Gasteiger partial charge is 0.123 e. The van der Waals surface area contributed by atoms with Crippen LogP contribution in [0.15, 0.2) is 206 Å². The summed E-state index contributed by atoms with van der Waals surface area (Å²) >= 11 is 0. The van der Waals surface area contributed by atoms with Gasteiger partial charge in [-0.1, -0.05) is 86.7 Å². The van der Waals surface area contributed by atoms with Crippen molar-refractivity contribution in [3.05, 3.63) is 240 Å². The van der Waals surface area contributed by atoms with Gasteiger partial charge in [0.1, 0.15) is 11.6 Å². The minimum absolute atomic E-state index is 0.274. The predicted octanol–water partition coefficient (Wildman–Crippen LogP) is 16.9. The molecular formula is C62H48F2N4. The van der Waals surface area contributed by atoms with Crippen LogP contribution in [0.5, 0.6) is 0 Å². The van der Waals surface area contributed by atoms with Crippen LogP contribution < -0.4 is 9.80 Å². The van der Waals surface area contributed by atoms with Crippen LogP contribution in [0.3, 0.4) is 0 Å². The first-order valence-electron chi connectivity index (χ1n) is 23.5. The number of hydrogen-bond acceptors (Lipinski definition) is 2. The average molecular weight is 887 g/mol. The summed E-state index contributed by atoms with van der Waals surface area (Å²) < 4.78 is 33.6. The Hall–Kier alpha value is -8.22. The first-order valence-corrected chi connectivity index (χ1v) is 23.5. The van der Waals surface area contributed by atoms with E-state index in [1.807, 2.05) is 24.3 Å². The molecule has 0 amide bonds. The molecule has 2 heterocycles. The number of allylic oxidation sites excluding steroid dienone is 2. The Labute approximate surface area is 395 Å². The lowest BCUT2D eigenvalue weighted by Gasteiger charge is -2.26. The Morgan fingerprint density at radius 1 is 0.397 bits per heavy atom. The Balaban J connectivity index is 0.906. The Bertz CT molecular complexity index is 3290. The second kappa shape index (κ2) is 16.9. The molecule has 0 spiro atoms. The van der Waals surface area contributed by atoms with Gasteiger partial charge in [0.05, 0.1) is 11.0 Å². The van der Waals surface area contributed by atoms with Crippen molar-refractivity contribution in [1.82, 2.24) is 9.13 Å². The van der Waals surface area contributed by atoms with Crippen molar-refractivity contribution in [2.45, 2.75) is 26.7 Å². The molecule has 2 aliphatic rings. The largest absolute Gasteiger partial charge is 0.310 e. The van der Waals surface area contributed by atoms with Crippen LogP contribution in [-0.4, -0.2) is 9.13 Å². The third kappa shape index (κ3) is 7.30. The molecule has 0 saturated heterocycles. The Morgan fingerprint density at radius 2 is 0.735 bits per heavy atom. The molecule has 0 aliphatic heterocycles. The van der Waals surface area contributed by atoms with Gasteiger partial charge in [0.15, 0.2) is 0 Å². The van der Waals surface area contributed by atoms with E-state index in [4.69, 9.17) is 0 Å². The maximum absolute atomic E-state index is 14.4. The second-order valence-electron chi connectivity index (χ2n) is 18.3. The van der Waals surface area contributed by atoms with Crippen molar-refractivity contribution in [2.24, 2.45) is 11.8 Å². The van der Waals surface area contributed by atoms with E-state index in [1.165, 1.54) is 57.6 Å². The summed E-state index contributed by atoms with van der Waals surface area (Å²) in [4.78, 5) is 4.42. The number of halogens is 2. The fourth-order valence-corrected chi connectivity index (χ4v) is 10.5. The number of rotatable bonds is 9. The molecule has 2 unspecified atom stereocenters. The molecule has 0 bridgehead atoms. The van der Waals surface area contributed by atoms with Crippen molar-refractivity contribution in [2.75, 3.05) is 9.80 Å². The molecule has 0 N–H and O–H groups in total. The van der Waals surface area contributed by atoms with E-state index in [0.717, 1.165) is 80.5 Å². The normalized spacial score (nSPS) is 15.1. The van der Waals surface area contributed by atoms with Gasteiger partial charge in [-0.25, -0.2) is 8.78 Å². The molecule has 2 aromatic heterocycles. The Kier molecular flexibility index (Phi) is 10.2. The molecule has 0 saturated carbocycles. The van der Waals surface area contributed by atoms with Crippen LogP contribution >= 0.6 is 0 Å². The lowest BCUT2D eigenvalue weighted by atomic mass is 9.93. The summed E-state index contributed by atoms with van der Waals surface area (Å²) in [6.45, 7) is 4.54. The van der Waals surface area contributed by atoms with Gasteiger partial charge in [0.2, 0.25) is 0 Å². The first-order chi connectivity index (χ1) is 33.3. The summed E-state index contributed by atoms with van der Waals surface area (Å²) in [6, 6.07) is 65.2. The summed E-state index contributed by atoms with van der Waals surface area (Å²) in [5, 5.41) is 2.43. The van der Waals surface area contributed by atoms with Crippen LogP contribution in [0.2, 0.25) is 0 Å². The molecular weight excluding hydrogens is 839 g/mol. The molecule has 12 rings (SSSR count). The van der Waals surface area contributed by atoms with Crippen molar-refractivity contribution in [3.63, 3.8) is 0 Å². The van der Waals surface area contributed by atoms with Crippen LogP contribution in [0.4, 0.5) is 42.9 Å².